The lowest BCUT2D eigenvalue weighted by molar-refractivity contribution is -0.124. The molecule has 2 amide bonds. The maximum absolute atomic E-state index is 10.6. The fourth-order valence-electron chi connectivity index (χ4n) is 0.575. The van der Waals surface area contributed by atoms with Crippen molar-refractivity contribution in [1.82, 2.24) is 5.32 Å². The summed E-state index contributed by atoms with van der Waals surface area (Å²) < 4.78 is -1.09. The average molecular weight is 163 g/mol. The quantitative estimate of drug-likeness (QED) is 0.258. The topological polar surface area (TPSA) is 46.2 Å². The van der Waals surface area contributed by atoms with E-state index < -0.39 is 9.99 Å². The summed E-state index contributed by atoms with van der Waals surface area (Å²) in [5, 5.41) is 2.08. The molecule has 0 saturated carbocycles. The molecule has 0 aliphatic carbocycles. The Balaban J connectivity index is 2.81. The fraction of sp³-hybridized carbons (Fsp3) is 0.500. The first-order valence-corrected chi connectivity index (χ1v) is 3.21. The monoisotopic (exact) mass is 163 g/mol. The minimum atomic E-state index is -1.09. The summed E-state index contributed by atoms with van der Waals surface area (Å²) in [5.74, 6) is -0.746. The minimum absolute atomic E-state index is 0.0536. The molecule has 0 unspecified atom stereocenters. The first-order chi connectivity index (χ1) is 4.02. The first-order valence-electron chi connectivity index (χ1n) is 2.31. The van der Waals surface area contributed by atoms with Crippen LogP contribution in [-0.4, -0.2) is 15.9 Å². The third kappa shape index (κ3) is 1.21. The summed E-state index contributed by atoms with van der Waals surface area (Å²) in [6.07, 6.45) is 0.0536. The van der Waals surface area contributed by atoms with Gasteiger partial charge in [-0.25, -0.2) is 0 Å². The van der Waals surface area contributed by atoms with Crippen molar-refractivity contribution in [2.45, 2.75) is 10.5 Å². The molecule has 3 nitrogen and oxygen atoms in total. The van der Waals surface area contributed by atoms with Crippen LogP contribution in [0.3, 0.4) is 0 Å². The largest absolute Gasteiger partial charge is 0.294 e. The van der Waals surface area contributed by atoms with Gasteiger partial charge in [0, 0.05) is 0 Å². The summed E-state index contributed by atoms with van der Waals surface area (Å²) in [5.41, 5.74) is 0. The van der Waals surface area contributed by atoms with Crippen LogP contribution < -0.4 is 5.32 Å². The molecule has 9 heavy (non-hydrogen) atoms. The summed E-state index contributed by atoms with van der Waals surface area (Å²) in [6, 6.07) is 0. The highest BCUT2D eigenvalue weighted by atomic mass is 32.2. The van der Waals surface area contributed by atoms with E-state index in [1.807, 2.05) is 0 Å². The first kappa shape index (κ1) is 6.95. The maximum atomic E-state index is 10.6. The van der Waals surface area contributed by atoms with E-state index >= 15 is 0 Å². The Kier molecular flexibility index (Phi) is 1.48. The van der Waals surface area contributed by atoms with Crippen molar-refractivity contribution in [2.24, 2.45) is 0 Å². The van der Waals surface area contributed by atoms with Crippen LogP contribution in [0.1, 0.15) is 6.42 Å². The van der Waals surface area contributed by atoms with Crippen molar-refractivity contribution in [3.63, 3.8) is 0 Å². The summed E-state index contributed by atoms with van der Waals surface area (Å²) in [6.45, 7) is 0. The zero-order valence-corrected chi connectivity index (χ0v) is 6.21. The molecule has 1 saturated heterocycles. The van der Waals surface area contributed by atoms with Gasteiger partial charge in [-0.3, -0.25) is 14.9 Å². The molecule has 1 heterocycles. The maximum Gasteiger partial charge on any atom is 0.253 e. The van der Waals surface area contributed by atoms with Crippen LogP contribution >= 0.6 is 25.3 Å². The minimum Gasteiger partial charge on any atom is -0.294 e. The van der Waals surface area contributed by atoms with Crippen molar-refractivity contribution in [3.05, 3.63) is 0 Å². The lowest BCUT2D eigenvalue weighted by Crippen LogP contribution is -2.27. The molecule has 1 aliphatic rings. The van der Waals surface area contributed by atoms with Gasteiger partial charge in [-0.15, -0.1) is 0 Å². The Morgan fingerprint density at radius 1 is 1.44 bits per heavy atom. The number of imide groups is 1. The number of hydrogen-bond acceptors (Lipinski definition) is 4. The Morgan fingerprint density at radius 2 is 2.00 bits per heavy atom. The van der Waals surface area contributed by atoms with E-state index in [0.29, 0.717) is 0 Å². The van der Waals surface area contributed by atoms with Crippen LogP contribution in [0.2, 0.25) is 0 Å². The molecule has 1 fully saturated rings. The second-order valence-corrected chi connectivity index (χ2v) is 3.75. The Labute approximate surface area is 63.0 Å². The van der Waals surface area contributed by atoms with Gasteiger partial charge in [0.25, 0.3) is 5.91 Å². The van der Waals surface area contributed by atoms with E-state index in [4.69, 9.17) is 0 Å². The predicted molar refractivity (Wildman–Crippen MR) is 38.5 cm³/mol. The van der Waals surface area contributed by atoms with Gasteiger partial charge in [0.05, 0.1) is 6.42 Å². The van der Waals surface area contributed by atoms with Gasteiger partial charge in [0.2, 0.25) is 5.91 Å². The van der Waals surface area contributed by atoms with Gasteiger partial charge < -0.3 is 0 Å². The second kappa shape index (κ2) is 1.91. The molecule has 0 bridgehead atoms. The van der Waals surface area contributed by atoms with E-state index in [-0.39, 0.29) is 12.3 Å². The number of nitrogens with one attached hydrogen (secondary N) is 1. The van der Waals surface area contributed by atoms with Crippen molar-refractivity contribution in [1.29, 1.82) is 0 Å². The van der Waals surface area contributed by atoms with Crippen molar-refractivity contribution in [3.8, 4) is 0 Å². The number of carbonyl (C=O) groups excluding carboxylic acids is 2. The average Bonchev–Trinajstić information content (AvgIpc) is 1.79. The third-order valence-electron chi connectivity index (χ3n) is 1.02. The van der Waals surface area contributed by atoms with E-state index in [1.54, 1.807) is 0 Å². The Bertz CT molecular complexity index is 177. The van der Waals surface area contributed by atoms with Crippen molar-refractivity contribution in [2.75, 3.05) is 0 Å². The highest BCUT2D eigenvalue weighted by Gasteiger charge is 2.40. The Morgan fingerprint density at radius 3 is 2.11 bits per heavy atom. The van der Waals surface area contributed by atoms with Crippen LogP contribution in [0.25, 0.3) is 0 Å². The molecule has 0 aromatic carbocycles. The standard InChI is InChI=1S/C4H5NO2S2/c6-2-1-4(8,9)3(7)5-2/h8-9H,1H2,(H,5,6,7). The van der Waals surface area contributed by atoms with Gasteiger partial charge >= 0.3 is 0 Å². The highest BCUT2D eigenvalue weighted by Crippen LogP contribution is 2.27. The van der Waals surface area contributed by atoms with Gasteiger partial charge in [-0.2, -0.15) is 25.3 Å². The van der Waals surface area contributed by atoms with E-state index in [9.17, 15) is 9.59 Å². The molecule has 1 rings (SSSR count). The summed E-state index contributed by atoms with van der Waals surface area (Å²) in [4.78, 5) is 21.1. The molecule has 0 atom stereocenters. The van der Waals surface area contributed by atoms with E-state index in [0.717, 1.165) is 0 Å². The molecule has 0 aromatic heterocycles. The summed E-state index contributed by atoms with van der Waals surface area (Å²) in [7, 11) is 0. The van der Waals surface area contributed by atoms with Crippen LogP contribution in [0.5, 0.6) is 0 Å². The van der Waals surface area contributed by atoms with E-state index in [1.165, 1.54) is 0 Å². The molecule has 0 radical (unpaired) electrons. The van der Waals surface area contributed by atoms with Crippen LogP contribution in [0, 0.1) is 0 Å². The zero-order valence-electron chi connectivity index (χ0n) is 4.42. The number of amides is 2. The molecule has 1 N–H and O–H groups in total. The number of hydrogen-bond donors (Lipinski definition) is 3. The smallest absolute Gasteiger partial charge is 0.253 e. The van der Waals surface area contributed by atoms with E-state index in [2.05, 4.69) is 30.6 Å². The Hall–Kier alpha value is -0.160. The van der Waals surface area contributed by atoms with Crippen LogP contribution in [-0.2, 0) is 9.59 Å². The lowest BCUT2D eigenvalue weighted by Gasteiger charge is -2.06. The van der Waals surface area contributed by atoms with Gasteiger partial charge in [-0.1, -0.05) is 0 Å². The van der Waals surface area contributed by atoms with Crippen LogP contribution in [0.15, 0.2) is 0 Å². The number of rotatable bonds is 0. The fourth-order valence-corrected chi connectivity index (χ4v) is 0.974. The molecule has 0 aromatic rings. The molecular weight excluding hydrogens is 158 g/mol. The van der Waals surface area contributed by atoms with Gasteiger partial charge in [0.1, 0.15) is 4.08 Å². The summed E-state index contributed by atoms with van der Waals surface area (Å²) >= 11 is 7.67. The SMILES string of the molecule is O=C1CC(S)(S)C(=O)N1. The van der Waals surface area contributed by atoms with Crippen molar-refractivity contribution >= 4 is 37.1 Å². The molecule has 1 aliphatic heterocycles. The third-order valence-corrected chi connectivity index (χ3v) is 1.75. The molecular formula is C4H5NO2S2. The molecule has 50 valence electrons. The van der Waals surface area contributed by atoms with Crippen molar-refractivity contribution < 1.29 is 9.59 Å². The second-order valence-electron chi connectivity index (χ2n) is 1.87. The number of carbonyl (C=O) groups is 2. The van der Waals surface area contributed by atoms with Gasteiger partial charge in [-0.05, 0) is 0 Å². The lowest BCUT2D eigenvalue weighted by atomic mass is 10.3. The zero-order chi connectivity index (χ0) is 7.07. The van der Waals surface area contributed by atoms with Gasteiger partial charge in [0.15, 0.2) is 0 Å². The molecule has 5 heteroatoms. The number of thiol groups is 2. The highest BCUT2D eigenvalue weighted by molar-refractivity contribution is 8.02. The van der Waals surface area contributed by atoms with Crippen LogP contribution in [0.4, 0.5) is 0 Å². The molecule has 0 spiro atoms. The normalized spacial score (nSPS) is 24.2. The predicted octanol–water partition coefficient (Wildman–Crippen LogP) is -0.411.